The number of nitrogens with one attached hydrogen (secondary N) is 1. The molecule has 0 saturated carbocycles. The molecule has 0 bridgehead atoms. The van der Waals surface area contributed by atoms with Crippen molar-refractivity contribution in [2.24, 2.45) is 0 Å². The van der Waals surface area contributed by atoms with Crippen molar-refractivity contribution in [2.75, 3.05) is 26.9 Å². The number of carbonyl (C=O) groups excluding carboxylic acids is 1. The van der Waals surface area contributed by atoms with Crippen molar-refractivity contribution in [3.63, 3.8) is 0 Å². The third-order valence-corrected chi connectivity index (χ3v) is 12.5. The molecule has 4 rings (SSSR count). The second kappa shape index (κ2) is 15.5. The van der Waals surface area contributed by atoms with E-state index in [1.54, 1.807) is 30.3 Å². The molecule has 10 heteroatoms. The van der Waals surface area contributed by atoms with Crippen LogP contribution in [0.15, 0.2) is 121 Å². The van der Waals surface area contributed by atoms with Gasteiger partial charge in [-0.05, 0) is 0 Å². The van der Waals surface area contributed by atoms with E-state index in [2.05, 4.69) is 11.4 Å². The molecular weight excluding hydrogens is 649 g/mol. The Morgan fingerprint density at radius 2 is 1.12 bits per heavy atom. The molecule has 266 valence electrons. The fourth-order valence-corrected chi connectivity index (χ4v) is 10.6. The first-order chi connectivity index (χ1) is 23.8. The van der Waals surface area contributed by atoms with E-state index in [1.165, 1.54) is 14.2 Å². The Morgan fingerprint density at radius 1 is 0.740 bits per heavy atom. The zero-order valence-electron chi connectivity index (χ0n) is 29.7. The molecule has 0 aliphatic heterocycles. The Labute approximate surface area is 296 Å². The molecule has 0 spiro atoms. The zero-order valence-corrected chi connectivity index (χ0v) is 30.6. The normalized spacial score (nSPS) is 14.5. The van der Waals surface area contributed by atoms with Gasteiger partial charge in [0.2, 0.25) is 0 Å². The minimum atomic E-state index is -6.34. The van der Waals surface area contributed by atoms with Crippen LogP contribution in [0.2, 0.25) is 0 Å². The predicted molar refractivity (Wildman–Crippen MR) is 198 cm³/mol. The summed E-state index contributed by atoms with van der Waals surface area (Å²) in [5, 5.41) is 14.9. The Bertz CT molecular complexity index is 1620. The average molecular weight is 700 g/mol. The van der Waals surface area contributed by atoms with Crippen LogP contribution in [0, 0.1) is 11.3 Å². The van der Waals surface area contributed by atoms with Crippen LogP contribution in [0.1, 0.15) is 61.2 Å². The molecule has 0 saturated heterocycles. The van der Waals surface area contributed by atoms with E-state index >= 15 is 0 Å². The first-order valence-electron chi connectivity index (χ1n) is 16.8. The van der Waals surface area contributed by atoms with Gasteiger partial charge in [-0.2, -0.15) is 0 Å². The molecule has 4 aromatic rings. The predicted octanol–water partition coefficient (Wildman–Crippen LogP) is 6.44. The third-order valence-electron chi connectivity index (χ3n) is 9.51. The Hall–Kier alpha value is -3.97. The molecule has 4 aromatic carbocycles. The molecule has 0 heterocycles. The van der Waals surface area contributed by atoms with Crippen LogP contribution in [-0.2, 0) is 14.9 Å². The molecule has 0 aromatic heterocycles. The number of hydrogen-bond acceptors (Lipinski definition) is 8. The molecule has 1 atom stereocenters. The molecule has 1 unspecified atom stereocenters. The molecule has 4 N–H and O–H groups in total. The number of carbonyl (C=O) groups is 1. The maximum atomic E-state index is 12.8. The van der Waals surface area contributed by atoms with Gasteiger partial charge in [-0.25, -0.2) is 0 Å². The summed E-state index contributed by atoms with van der Waals surface area (Å²) in [7, 11) is -3.89. The fourth-order valence-electron chi connectivity index (χ4n) is 7.86. The van der Waals surface area contributed by atoms with Crippen LogP contribution in [-0.4, -0.2) is 75.6 Å². The van der Waals surface area contributed by atoms with Crippen LogP contribution in [0.4, 0.5) is 0 Å². The standard InChI is InChI=1S/C40H50N3O6P/c1-31(2)43(32(3)4)38(30-41,39(34-22-13-8-14-23-34,35-24-15-9-16-25-35)36-26-17-10-18-27-36)40(48-5,49-6)50(45,46,47)29-19-28-42-37(44)33-20-11-7-12-21-33/h7-18,20-27,31-32,45-47H,19,28-29H2,1-6H3,(H,42,44). The third kappa shape index (κ3) is 6.50. The molecule has 9 nitrogen and oxygen atoms in total. The summed E-state index contributed by atoms with van der Waals surface area (Å²) in [5.74, 6) is -0.349. The van der Waals surface area contributed by atoms with E-state index in [0.717, 1.165) is 0 Å². The van der Waals surface area contributed by atoms with Gasteiger partial charge in [0, 0.05) is 0 Å². The van der Waals surface area contributed by atoms with Crippen LogP contribution in [0.3, 0.4) is 0 Å². The van der Waals surface area contributed by atoms with Crippen molar-refractivity contribution in [3.8, 4) is 6.07 Å². The quantitative estimate of drug-likeness (QED) is 0.0454. The fraction of sp³-hybridized carbons (Fsp3) is 0.350. The number of nitriles is 1. The van der Waals surface area contributed by atoms with Gasteiger partial charge in [0.05, 0.1) is 0 Å². The van der Waals surface area contributed by atoms with E-state index in [9.17, 15) is 24.7 Å². The molecular formula is C40H50N3O6P. The summed E-state index contributed by atoms with van der Waals surface area (Å²) in [5.41, 5.74) is -4.28. The monoisotopic (exact) mass is 699 g/mol. The van der Waals surface area contributed by atoms with Crippen molar-refractivity contribution >= 4 is 13.2 Å². The number of ether oxygens (including phenoxy) is 2. The van der Waals surface area contributed by atoms with E-state index in [0.29, 0.717) is 22.3 Å². The topological polar surface area (TPSA) is 135 Å². The average Bonchev–Trinajstić information content (AvgIpc) is 3.12. The molecule has 0 aliphatic carbocycles. The van der Waals surface area contributed by atoms with Gasteiger partial charge >= 0.3 is 297 Å². The molecule has 0 aliphatic rings. The molecule has 1 amide bonds. The van der Waals surface area contributed by atoms with Crippen molar-refractivity contribution in [1.29, 1.82) is 5.26 Å². The van der Waals surface area contributed by atoms with Gasteiger partial charge in [-0.1, -0.05) is 0 Å². The maximum absolute atomic E-state index is 12.8. The number of rotatable bonds is 16. The summed E-state index contributed by atoms with van der Waals surface area (Å²) in [6.45, 7) is 7.64. The Morgan fingerprint density at radius 3 is 1.46 bits per heavy atom. The van der Waals surface area contributed by atoms with Crippen LogP contribution in [0.5, 0.6) is 0 Å². The van der Waals surface area contributed by atoms with Gasteiger partial charge < -0.3 is 0 Å². The summed E-state index contributed by atoms with van der Waals surface area (Å²) in [6, 6.07) is 38.5. The first kappa shape index (κ1) is 38.8. The van der Waals surface area contributed by atoms with Gasteiger partial charge in [0.25, 0.3) is 0 Å². The number of methoxy groups -OCH3 is 2. The number of benzene rings is 4. The number of nitrogens with zero attached hydrogens (tertiary/aromatic N) is 2. The summed E-state index contributed by atoms with van der Waals surface area (Å²) >= 11 is 0. The van der Waals surface area contributed by atoms with E-state index in [4.69, 9.17) is 9.47 Å². The van der Waals surface area contributed by atoms with E-state index in [1.807, 2.05) is 124 Å². The van der Waals surface area contributed by atoms with Crippen LogP contribution < -0.4 is 5.32 Å². The Balaban J connectivity index is 2.11. The van der Waals surface area contributed by atoms with Crippen molar-refractivity contribution in [3.05, 3.63) is 144 Å². The molecule has 50 heavy (non-hydrogen) atoms. The Kier molecular flexibility index (Phi) is 12.0. The van der Waals surface area contributed by atoms with Crippen LogP contribution >= 0.6 is 7.28 Å². The summed E-state index contributed by atoms with van der Waals surface area (Å²) in [4.78, 5) is 52.6. The van der Waals surface area contributed by atoms with Gasteiger partial charge in [0.15, 0.2) is 0 Å². The number of hydrogen-bond donors (Lipinski definition) is 4. The second-order valence-corrected chi connectivity index (χ2v) is 16.4. The van der Waals surface area contributed by atoms with Crippen molar-refractivity contribution in [2.45, 2.75) is 62.7 Å². The van der Waals surface area contributed by atoms with Crippen LogP contribution in [0.25, 0.3) is 0 Å². The van der Waals surface area contributed by atoms with E-state index < -0.39 is 42.0 Å². The van der Waals surface area contributed by atoms with Crippen molar-refractivity contribution in [1.82, 2.24) is 10.2 Å². The minimum absolute atomic E-state index is 0.00432. The summed E-state index contributed by atoms with van der Waals surface area (Å²) in [6.07, 6.45) is -0.724. The summed E-state index contributed by atoms with van der Waals surface area (Å²) < 4.78 is 12.5. The molecule has 0 fully saturated rings. The second-order valence-electron chi connectivity index (χ2n) is 13.1. The van der Waals surface area contributed by atoms with Gasteiger partial charge in [-0.15, -0.1) is 0 Å². The SMILES string of the molecule is COC(OC)(C(C#N)(N(C(C)C)C(C)C)C(c1ccccc1)(c1ccccc1)c1ccccc1)P(O)(O)(O)CCCNC(=O)c1ccccc1. The zero-order chi connectivity index (χ0) is 36.7. The van der Waals surface area contributed by atoms with Gasteiger partial charge in [0.1, 0.15) is 0 Å². The van der Waals surface area contributed by atoms with Gasteiger partial charge in [-0.3, -0.25) is 0 Å². The van der Waals surface area contributed by atoms with Crippen molar-refractivity contribution < 1.29 is 28.9 Å². The molecule has 0 radical (unpaired) electrons. The first-order valence-corrected chi connectivity index (χ1v) is 19.1. The van der Waals surface area contributed by atoms with E-state index in [-0.39, 0.29) is 18.9 Å². The number of amides is 1.